The maximum Gasteiger partial charge on any atom is 0.137 e. The molecule has 0 aliphatic carbocycles. The Kier molecular flexibility index (Phi) is 3.68. The summed E-state index contributed by atoms with van der Waals surface area (Å²) in [5.74, 6) is -0.496. The van der Waals surface area contributed by atoms with Gasteiger partial charge in [0.15, 0.2) is 0 Å². The maximum absolute atomic E-state index is 14.3. The average molecular weight is 302 g/mol. The number of hydrogen-bond acceptors (Lipinski definition) is 5. The number of aromatic nitrogens is 6. The third-order valence-corrected chi connectivity index (χ3v) is 3.68. The van der Waals surface area contributed by atoms with Crippen LogP contribution >= 0.6 is 0 Å². The van der Waals surface area contributed by atoms with Gasteiger partial charge in [-0.15, -0.1) is 0 Å². The summed E-state index contributed by atoms with van der Waals surface area (Å²) < 4.78 is 15.7. The monoisotopic (exact) mass is 302 g/mol. The molecule has 0 bridgehead atoms. The zero-order chi connectivity index (χ0) is 15.6. The Balaban J connectivity index is 2.07. The standard InChI is InChI=1S/C14H15FN6O/c1-11(21-17-6-7-18-21)14(22,8-20-10-16-9-19-20)12-4-2-3-5-13(12)15/h2-7,9-11,22H,8H2,1H3/t11-,14+/m0/s1. The van der Waals surface area contributed by atoms with Gasteiger partial charge in [0.05, 0.1) is 18.9 Å². The van der Waals surface area contributed by atoms with Crippen LogP contribution < -0.4 is 0 Å². The van der Waals surface area contributed by atoms with Gasteiger partial charge in [-0.3, -0.25) is 0 Å². The summed E-state index contributed by atoms with van der Waals surface area (Å²) in [6.07, 6.45) is 5.84. The summed E-state index contributed by atoms with van der Waals surface area (Å²) in [4.78, 5) is 5.20. The number of hydrogen-bond donors (Lipinski definition) is 1. The number of nitrogens with zero attached hydrogens (tertiary/aromatic N) is 6. The fourth-order valence-electron chi connectivity index (χ4n) is 2.43. The normalized spacial score (nSPS) is 15.4. The third-order valence-electron chi connectivity index (χ3n) is 3.68. The van der Waals surface area contributed by atoms with Crippen molar-refractivity contribution in [3.8, 4) is 0 Å². The Morgan fingerprint density at radius 3 is 2.59 bits per heavy atom. The Hall–Kier alpha value is -2.61. The van der Waals surface area contributed by atoms with Crippen molar-refractivity contribution in [3.05, 3.63) is 60.7 Å². The first-order valence-corrected chi connectivity index (χ1v) is 6.77. The van der Waals surface area contributed by atoms with Crippen LogP contribution in [0.15, 0.2) is 49.3 Å². The van der Waals surface area contributed by atoms with Gasteiger partial charge in [0.25, 0.3) is 0 Å². The lowest BCUT2D eigenvalue weighted by molar-refractivity contribution is -0.0412. The molecule has 0 saturated heterocycles. The van der Waals surface area contributed by atoms with Crippen molar-refractivity contribution in [2.24, 2.45) is 0 Å². The average Bonchev–Trinajstić information content (AvgIpc) is 3.20. The third kappa shape index (κ3) is 2.48. The lowest BCUT2D eigenvalue weighted by Crippen LogP contribution is -2.41. The quantitative estimate of drug-likeness (QED) is 0.765. The van der Waals surface area contributed by atoms with E-state index < -0.39 is 17.5 Å². The molecule has 22 heavy (non-hydrogen) atoms. The minimum Gasteiger partial charge on any atom is -0.381 e. The van der Waals surface area contributed by atoms with E-state index in [0.717, 1.165) is 0 Å². The molecule has 8 heteroatoms. The van der Waals surface area contributed by atoms with Gasteiger partial charge in [-0.1, -0.05) is 18.2 Å². The molecule has 2 aromatic heterocycles. The fourth-order valence-corrected chi connectivity index (χ4v) is 2.43. The van der Waals surface area contributed by atoms with Crippen molar-refractivity contribution in [1.29, 1.82) is 0 Å². The van der Waals surface area contributed by atoms with Gasteiger partial charge in [-0.25, -0.2) is 14.1 Å². The number of halogens is 1. The van der Waals surface area contributed by atoms with Crippen molar-refractivity contribution >= 4 is 0 Å². The van der Waals surface area contributed by atoms with E-state index in [9.17, 15) is 9.50 Å². The van der Waals surface area contributed by atoms with Crippen molar-refractivity contribution in [3.63, 3.8) is 0 Å². The second-order valence-corrected chi connectivity index (χ2v) is 5.02. The lowest BCUT2D eigenvalue weighted by atomic mass is 9.86. The SMILES string of the molecule is C[C@H](n1nccn1)[C@](O)(Cn1cncn1)c1ccccc1F. The van der Waals surface area contributed by atoms with Crippen LogP contribution in [-0.4, -0.2) is 34.9 Å². The van der Waals surface area contributed by atoms with Crippen LogP contribution in [0.4, 0.5) is 4.39 Å². The van der Waals surface area contributed by atoms with E-state index in [-0.39, 0.29) is 12.1 Å². The van der Waals surface area contributed by atoms with E-state index in [0.29, 0.717) is 0 Å². The van der Waals surface area contributed by atoms with Crippen molar-refractivity contribution in [2.75, 3.05) is 0 Å². The van der Waals surface area contributed by atoms with Gasteiger partial charge in [-0.2, -0.15) is 20.1 Å². The highest BCUT2D eigenvalue weighted by Gasteiger charge is 2.41. The summed E-state index contributed by atoms with van der Waals surface area (Å²) in [6.45, 7) is 1.75. The zero-order valence-corrected chi connectivity index (χ0v) is 11.9. The van der Waals surface area contributed by atoms with Crippen LogP contribution in [0.1, 0.15) is 18.5 Å². The van der Waals surface area contributed by atoms with Crippen LogP contribution in [0.3, 0.4) is 0 Å². The Bertz CT molecular complexity index is 730. The summed E-state index contributed by atoms with van der Waals surface area (Å²) >= 11 is 0. The smallest absolute Gasteiger partial charge is 0.137 e. The first-order valence-electron chi connectivity index (χ1n) is 6.77. The predicted molar refractivity (Wildman–Crippen MR) is 75.1 cm³/mol. The predicted octanol–water partition coefficient (Wildman–Crippen LogP) is 1.16. The molecule has 0 saturated carbocycles. The highest BCUT2D eigenvalue weighted by atomic mass is 19.1. The fraction of sp³-hybridized carbons (Fsp3) is 0.286. The largest absolute Gasteiger partial charge is 0.381 e. The molecular formula is C14H15FN6O. The molecule has 0 radical (unpaired) electrons. The highest BCUT2D eigenvalue weighted by molar-refractivity contribution is 5.25. The first kappa shape index (κ1) is 14.3. The molecule has 0 spiro atoms. The van der Waals surface area contributed by atoms with Crippen LogP contribution in [-0.2, 0) is 12.1 Å². The molecule has 2 atom stereocenters. The van der Waals surface area contributed by atoms with E-state index in [1.165, 1.54) is 40.6 Å². The molecule has 3 rings (SSSR count). The topological polar surface area (TPSA) is 81.6 Å². The van der Waals surface area contributed by atoms with Crippen molar-refractivity contribution in [2.45, 2.75) is 25.1 Å². The summed E-state index contributed by atoms with van der Waals surface area (Å²) in [5, 5.41) is 23.3. The van der Waals surface area contributed by atoms with Crippen LogP contribution in [0, 0.1) is 5.82 Å². The molecule has 7 nitrogen and oxygen atoms in total. The molecule has 0 aliphatic heterocycles. The van der Waals surface area contributed by atoms with E-state index in [1.54, 1.807) is 25.1 Å². The Labute approximate surface area is 126 Å². The van der Waals surface area contributed by atoms with Gasteiger partial charge >= 0.3 is 0 Å². The molecule has 0 aliphatic rings. The highest BCUT2D eigenvalue weighted by Crippen LogP contribution is 2.35. The molecule has 0 fully saturated rings. The van der Waals surface area contributed by atoms with Crippen LogP contribution in [0.2, 0.25) is 0 Å². The van der Waals surface area contributed by atoms with Gasteiger partial charge in [0, 0.05) is 5.56 Å². The second kappa shape index (κ2) is 5.64. The first-order chi connectivity index (χ1) is 10.6. The van der Waals surface area contributed by atoms with Gasteiger partial charge < -0.3 is 5.11 Å². The van der Waals surface area contributed by atoms with E-state index >= 15 is 0 Å². The molecular weight excluding hydrogens is 287 g/mol. The molecule has 0 unspecified atom stereocenters. The lowest BCUT2D eigenvalue weighted by Gasteiger charge is -2.33. The van der Waals surface area contributed by atoms with Gasteiger partial charge in [-0.05, 0) is 13.0 Å². The Morgan fingerprint density at radius 1 is 1.23 bits per heavy atom. The van der Waals surface area contributed by atoms with Gasteiger partial charge in [0.1, 0.15) is 30.1 Å². The number of aliphatic hydroxyl groups is 1. The number of benzene rings is 1. The van der Waals surface area contributed by atoms with Crippen molar-refractivity contribution in [1.82, 2.24) is 29.8 Å². The zero-order valence-electron chi connectivity index (χ0n) is 11.9. The second-order valence-electron chi connectivity index (χ2n) is 5.02. The van der Waals surface area contributed by atoms with E-state index in [2.05, 4.69) is 20.3 Å². The molecule has 3 aromatic rings. The van der Waals surface area contributed by atoms with E-state index in [4.69, 9.17) is 0 Å². The minimum absolute atomic E-state index is 0.0244. The molecule has 2 heterocycles. The van der Waals surface area contributed by atoms with Gasteiger partial charge in [0.2, 0.25) is 0 Å². The molecule has 114 valence electrons. The van der Waals surface area contributed by atoms with E-state index in [1.807, 2.05) is 0 Å². The van der Waals surface area contributed by atoms with Crippen LogP contribution in [0.5, 0.6) is 0 Å². The van der Waals surface area contributed by atoms with Crippen molar-refractivity contribution < 1.29 is 9.50 Å². The summed E-state index contributed by atoms with van der Waals surface area (Å²) in [7, 11) is 0. The van der Waals surface area contributed by atoms with Crippen LogP contribution in [0.25, 0.3) is 0 Å². The molecule has 1 aromatic carbocycles. The minimum atomic E-state index is -1.59. The molecule has 0 amide bonds. The summed E-state index contributed by atoms with van der Waals surface area (Å²) in [6, 6.07) is 5.50. The summed E-state index contributed by atoms with van der Waals surface area (Å²) in [5.41, 5.74) is -1.42. The maximum atomic E-state index is 14.3. The Morgan fingerprint density at radius 2 is 1.95 bits per heavy atom. The molecule has 1 N–H and O–H groups in total. The number of rotatable bonds is 5.